The molecule has 27 heavy (non-hydrogen) atoms. The molecule has 1 aliphatic carbocycles. The van der Waals surface area contributed by atoms with Gasteiger partial charge < -0.3 is 14.8 Å². The fraction of sp³-hybridized carbons (Fsp3) is 0.381. The lowest BCUT2D eigenvalue weighted by Crippen LogP contribution is -2.29. The number of benzene rings is 1. The normalized spacial score (nSPS) is 13.7. The van der Waals surface area contributed by atoms with Gasteiger partial charge in [0.05, 0.1) is 5.39 Å². The van der Waals surface area contributed by atoms with Crippen molar-refractivity contribution in [3.63, 3.8) is 0 Å². The van der Waals surface area contributed by atoms with E-state index in [0.717, 1.165) is 30.5 Å². The molecule has 0 saturated heterocycles. The Morgan fingerprint density at radius 3 is 2.74 bits per heavy atom. The van der Waals surface area contributed by atoms with Gasteiger partial charge in [0.1, 0.15) is 11.3 Å². The van der Waals surface area contributed by atoms with E-state index in [2.05, 4.69) is 22.4 Å². The average molecular weight is 363 g/mol. The standard InChI is InChI=1S/C21H25N5O/c1-25-13-11-17-18(20(27)22-14-16-8-9-16)23-21(24-19(17)25)26(2)12-10-15-6-4-3-5-7-15/h3-7,11,13,16H,8-10,12,14H2,1-2H3,(H,22,27). The molecule has 140 valence electrons. The number of carbonyl (C=O) groups is 1. The lowest BCUT2D eigenvalue weighted by atomic mass is 10.1. The summed E-state index contributed by atoms with van der Waals surface area (Å²) in [6.07, 6.45) is 5.23. The third kappa shape index (κ3) is 3.94. The van der Waals surface area contributed by atoms with Crippen LogP contribution in [0.25, 0.3) is 11.0 Å². The lowest BCUT2D eigenvalue weighted by Gasteiger charge is -2.18. The molecule has 4 rings (SSSR count). The molecule has 6 nitrogen and oxygen atoms in total. The van der Waals surface area contributed by atoms with Gasteiger partial charge in [-0.1, -0.05) is 30.3 Å². The summed E-state index contributed by atoms with van der Waals surface area (Å²) in [4.78, 5) is 24.0. The van der Waals surface area contributed by atoms with Gasteiger partial charge >= 0.3 is 0 Å². The average Bonchev–Trinajstić information content (AvgIpc) is 3.46. The van der Waals surface area contributed by atoms with E-state index in [1.165, 1.54) is 18.4 Å². The number of nitrogens with one attached hydrogen (secondary N) is 1. The van der Waals surface area contributed by atoms with E-state index in [4.69, 9.17) is 4.98 Å². The minimum absolute atomic E-state index is 0.113. The van der Waals surface area contributed by atoms with Crippen molar-refractivity contribution in [3.05, 3.63) is 53.9 Å². The SMILES string of the molecule is CN(CCc1ccccc1)c1nc(C(=O)NCC2CC2)c2ccn(C)c2n1. The molecule has 0 atom stereocenters. The summed E-state index contributed by atoms with van der Waals surface area (Å²) in [6, 6.07) is 12.3. The highest BCUT2D eigenvalue weighted by Gasteiger charge is 2.24. The van der Waals surface area contributed by atoms with Gasteiger partial charge in [0.2, 0.25) is 5.95 Å². The van der Waals surface area contributed by atoms with Crippen molar-refractivity contribution in [1.82, 2.24) is 19.9 Å². The van der Waals surface area contributed by atoms with Crippen molar-refractivity contribution in [2.24, 2.45) is 13.0 Å². The predicted molar refractivity (Wildman–Crippen MR) is 107 cm³/mol. The Kier molecular flexibility index (Phi) is 4.79. The van der Waals surface area contributed by atoms with Crippen LogP contribution in [0, 0.1) is 5.92 Å². The first-order valence-corrected chi connectivity index (χ1v) is 9.48. The number of rotatable bonds is 7. The first kappa shape index (κ1) is 17.5. The second-order valence-electron chi connectivity index (χ2n) is 7.35. The highest BCUT2D eigenvalue weighted by molar-refractivity contribution is 6.04. The number of nitrogens with zero attached hydrogens (tertiary/aromatic N) is 4. The fourth-order valence-corrected chi connectivity index (χ4v) is 3.15. The van der Waals surface area contributed by atoms with E-state index >= 15 is 0 Å². The number of hydrogen-bond donors (Lipinski definition) is 1. The Morgan fingerprint density at radius 2 is 2.00 bits per heavy atom. The van der Waals surface area contributed by atoms with Crippen LogP contribution in [0.3, 0.4) is 0 Å². The molecule has 3 aromatic rings. The van der Waals surface area contributed by atoms with Crippen LogP contribution in [-0.4, -0.2) is 40.6 Å². The lowest BCUT2D eigenvalue weighted by molar-refractivity contribution is 0.0948. The maximum atomic E-state index is 12.7. The van der Waals surface area contributed by atoms with Crippen molar-refractivity contribution < 1.29 is 4.79 Å². The van der Waals surface area contributed by atoms with Crippen LogP contribution in [0.4, 0.5) is 5.95 Å². The molecule has 2 heterocycles. The summed E-state index contributed by atoms with van der Waals surface area (Å²) in [5.74, 6) is 1.10. The van der Waals surface area contributed by atoms with Gasteiger partial charge in [-0.2, -0.15) is 4.98 Å². The molecule has 1 aliphatic rings. The molecule has 1 saturated carbocycles. The van der Waals surface area contributed by atoms with E-state index in [0.29, 0.717) is 17.6 Å². The summed E-state index contributed by atoms with van der Waals surface area (Å²) in [6.45, 7) is 1.51. The highest BCUT2D eigenvalue weighted by Crippen LogP contribution is 2.28. The monoisotopic (exact) mass is 363 g/mol. The third-order valence-corrected chi connectivity index (χ3v) is 5.10. The van der Waals surface area contributed by atoms with Gasteiger partial charge in [0, 0.05) is 33.4 Å². The third-order valence-electron chi connectivity index (χ3n) is 5.10. The van der Waals surface area contributed by atoms with Crippen molar-refractivity contribution >= 4 is 22.9 Å². The molecule has 0 aliphatic heterocycles. The second-order valence-corrected chi connectivity index (χ2v) is 7.35. The van der Waals surface area contributed by atoms with Crippen LogP contribution in [0.15, 0.2) is 42.6 Å². The summed E-state index contributed by atoms with van der Waals surface area (Å²) < 4.78 is 1.93. The zero-order valence-corrected chi connectivity index (χ0v) is 15.9. The van der Waals surface area contributed by atoms with Crippen LogP contribution in [0.1, 0.15) is 28.9 Å². The molecular formula is C21H25N5O. The summed E-state index contributed by atoms with van der Waals surface area (Å²) in [7, 11) is 3.91. The van der Waals surface area contributed by atoms with Crippen LogP contribution >= 0.6 is 0 Å². The number of carbonyl (C=O) groups excluding carboxylic acids is 1. The Balaban J connectivity index is 1.57. The maximum Gasteiger partial charge on any atom is 0.270 e. The van der Waals surface area contributed by atoms with Crippen molar-refractivity contribution in [1.29, 1.82) is 0 Å². The van der Waals surface area contributed by atoms with E-state index in [-0.39, 0.29) is 5.91 Å². The molecular weight excluding hydrogens is 338 g/mol. The molecule has 1 aromatic carbocycles. The number of aromatic nitrogens is 3. The van der Waals surface area contributed by atoms with Crippen LogP contribution in [0.5, 0.6) is 0 Å². The molecule has 1 N–H and O–H groups in total. The molecule has 2 aromatic heterocycles. The summed E-state index contributed by atoms with van der Waals surface area (Å²) in [5, 5.41) is 3.83. The van der Waals surface area contributed by atoms with Gasteiger partial charge in [0.25, 0.3) is 5.91 Å². The molecule has 1 amide bonds. The zero-order chi connectivity index (χ0) is 18.8. The fourth-order valence-electron chi connectivity index (χ4n) is 3.15. The molecule has 6 heteroatoms. The first-order chi connectivity index (χ1) is 13.1. The van der Waals surface area contributed by atoms with E-state index in [9.17, 15) is 4.79 Å². The molecule has 0 bridgehead atoms. The Morgan fingerprint density at radius 1 is 1.22 bits per heavy atom. The van der Waals surface area contributed by atoms with Gasteiger partial charge in [-0.15, -0.1) is 0 Å². The van der Waals surface area contributed by atoms with E-state index in [1.54, 1.807) is 0 Å². The van der Waals surface area contributed by atoms with Gasteiger partial charge in [-0.05, 0) is 36.8 Å². The molecule has 0 unspecified atom stereocenters. The number of amides is 1. The first-order valence-electron chi connectivity index (χ1n) is 9.48. The zero-order valence-electron chi connectivity index (χ0n) is 15.9. The van der Waals surface area contributed by atoms with Crippen LogP contribution in [0.2, 0.25) is 0 Å². The molecule has 0 spiro atoms. The molecule has 0 radical (unpaired) electrons. The van der Waals surface area contributed by atoms with Crippen LogP contribution in [-0.2, 0) is 13.5 Å². The second kappa shape index (κ2) is 7.39. The number of likely N-dealkylation sites (N-methyl/N-ethyl adjacent to an activating group) is 1. The quantitative estimate of drug-likeness (QED) is 0.701. The molecule has 1 fully saturated rings. The largest absolute Gasteiger partial charge is 0.350 e. The Hall–Kier alpha value is -2.89. The van der Waals surface area contributed by atoms with Crippen molar-refractivity contribution in [2.45, 2.75) is 19.3 Å². The van der Waals surface area contributed by atoms with Crippen LogP contribution < -0.4 is 10.2 Å². The van der Waals surface area contributed by atoms with Gasteiger partial charge in [0.15, 0.2) is 0 Å². The number of anilines is 1. The van der Waals surface area contributed by atoms with E-state index in [1.807, 2.05) is 54.0 Å². The van der Waals surface area contributed by atoms with E-state index < -0.39 is 0 Å². The maximum absolute atomic E-state index is 12.7. The highest BCUT2D eigenvalue weighted by atomic mass is 16.1. The summed E-state index contributed by atoms with van der Waals surface area (Å²) >= 11 is 0. The van der Waals surface area contributed by atoms with Crippen molar-refractivity contribution in [3.8, 4) is 0 Å². The Labute approximate surface area is 159 Å². The van der Waals surface area contributed by atoms with Gasteiger partial charge in [-0.25, -0.2) is 4.98 Å². The topological polar surface area (TPSA) is 63.1 Å². The minimum Gasteiger partial charge on any atom is -0.350 e. The Bertz CT molecular complexity index is 946. The smallest absolute Gasteiger partial charge is 0.270 e. The number of aryl methyl sites for hydroxylation is 1. The number of hydrogen-bond acceptors (Lipinski definition) is 4. The van der Waals surface area contributed by atoms with Crippen molar-refractivity contribution in [2.75, 3.05) is 25.0 Å². The minimum atomic E-state index is -0.113. The number of fused-ring (bicyclic) bond motifs is 1. The predicted octanol–water partition coefficient (Wildman–Crippen LogP) is 2.79. The summed E-state index contributed by atoms with van der Waals surface area (Å²) in [5.41, 5.74) is 2.51. The van der Waals surface area contributed by atoms with Gasteiger partial charge in [-0.3, -0.25) is 4.79 Å².